The van der Waals surface area contributed by atoms with Crippen molar-refractivity contribution in [1.82, 2.24) is 4.90 Å². The number of halogens is 1. The summed E-state index contributed by atoms with van der Waals surface area (Å²) < 4.78 is 19.3. The number of thiophene rings is 1. The second-order valence-electron chi connectivity index (χ2n) is 4.55. The standard InChI is InChI=1S/C14H17FN2O2S/c1-19-6-5-17(8-13(16)18)7-10-9-20-14-11(10)3-2-4-12(14)15/h2-4,9H,5-8H2,1H3,(H2,16,18). The molecule has 4 nitrogen and oxygen atoms in total. The van der Waals surface area contributed by atoms with E-state index in [4.69, 9.17) is 10.5 Å². The van der Waals surface area contributed by atoms with Crippen molar-refractivity contribution in [2.45, 2.75) is 6.54 Å². The molecule has 6 heteroatoms. The van der Waals surface area contributed by atoms with E-state index >= 15 is 0 Å². The number of methoxy groups -OCH3 is 1. The van der Waals surface area contributed by atoms with Gasteiger partial charge in [0.2, 0.25) is 5.91 Å². The first-order chi connectivity index (χ1) is 9.61. The molecular weight excluding hydrogens is 279 g/mol. The van der Waals surface area contributed by atoms with Gasteiger partial charge in [-0.05, 0) is 22.4 Å². The Labute approximate surface area is 120 Å². The third-order valence-corrected chi connectivity index (χ3v) is 4.07. The molecule has 0 spiro atoms. The zero-order valence-electron chi connectivity index (χ0n) is 11.3. The molecule has 108 valence electrons. The average molecular weight is 296 g/mol. The minimum atomic E-state index is -0.383. The average Bonchev–Trinajstić information content (AvgIpc) is 2.80. The lowest BCUT2D eigenvalue weighted by molar-refractivity contribution is -0.119. The highest BCUT2D eigenvalue weighted by atomic mass is 32.1. The van der Waals surface area contributed by atoms with Crippen molar-refractivity contribution >= 4 is 27.3 Å². The van der Waals surface area contributed by atoms with Crippen LogP contribution in [-0.2, 0) is 16.1 Å². The molecule has 1 aromatic carbocycles. The van der Waals surface area contributed by atoms with Crippen molar-refractivity contribution in [2.75, 3.05) is 26.8 Å². The normalized spacial score (nSPS) is 11.3. The Kier molecular flexibility index (Phi) is 5.05. The number of amides is 1. The van der Waals surface area contributed by atoms with Gasteiger partial charge >= 0.3 is 0 Å². The molecule has 2 N–H and O–H groups in total. The molecule has 0 fully saturated rings. The van der Waals surface area contributed by atoms with Crippen LogP contribution in [0, 0.1) is 5.82 Å². The first kappa shape index (κ1) is 14.9. The van der Waals surface area contributed by atoms with Gasteiger partial charge in [0.15, 0.2) is 0 Å². The van der Waals surface area contributed by atoms with E-state index in [0.29, 0.717) is 24.4 Å². The van der Waals surface area contributed by atoms with Crippen LogP contribution >= 0.6 is 11.3 Å². The number of rotatable bonds is 7. The molecule has 0 saturated carbocycles. The number of fused-ring (bicyclic) bond motifs is 1. The summed E-state index contributed by atoms with van der Waals surface area (Å²) in [5.41, 5.74) is 6.25. The number of carbonyl (C=O) groups is 1. The molecule has 2 rings (SSSR count). The Balaban J connectivity index is 2.19. The molecular formula is C14H17FN2O2S. The van der Waals surface area contributed by atoms with Crippen LogP contribution in [0.15, 0.2) is 23.6 Å². The van der Waals surface area contributed by atoms with E-state index in [9.17, 15) is 9.18 Å². The lowest BCUT2D eigenvalue weighted by Crippen LogP contribution is -2.35. The van der Waals surface area contributed by atoms with Crippen molar-refractivity contribution in [1.29, 1.82) is 0 Å². The SMILES string of the molecule is COCCN(CC(N)=O)Cc1csc2c(F)cccc12. The van der Waals surface area contributed by atoms with Crippen LogP contribution in [0.4, 0.5) is 4.39 Å². The first-order valence-electron chi connectivity index (χ1n) is 6.26. The minimum Gasteiger partial charge on any atom is -0.383 e. The number of hydrogen-bond acceptors (Lipinski definition) is 4. The molecule has 0 aliphatic heterocycles. The molecule has 0 bridgehead atoms. The molecule has 1 heterocycles. The molecule has 0 unspecified atom stereocenters. The van der Waals surface area contributed by atoms with E-state index in [1.807, 2.05) is 16.3 Å². The monoisotopic (exact) mass is 296 g/mol. The Morgan fingerprint density at radius 2 is 2.30 bits per heavy atom. The van der Waals surface area contributed by atoms with Crippen molar-refractivity contribution in [3.05, 3.63) is 35.0 Å². The maximum atomic E-state index is 13.7. The Morgan fingerprint density at radius 1 is 1.50 bits per heavy atom. The molecule has 0 aliphatic rings. The maximum Gasteiger partial charge on any atom is 0.231 e. The Hall–Kier alpha value is -1.50. The summed E-state index contributed by atoms with van der Waals surface area (Å²) >= 11 is 1.38. The van der Waals surface area contributed by atoms with Crippen LogP contribution in [0.2, 0.25) is 0 Å². The fourth-order valence-electron chi connectivity index (χ4n) is 2.09. The fraction of sp³-hybridized carbons (Fsp3) is 0.357. The summed E-state index contributed by atoms with van der Waals surface area (Å²) in [6.45, 7) is 1.83. The Bertz CT molecular complexity index is 600. The van der Waals surface area contributed by atoms with E-state index in [2.05, 4.69) is 0 Å². The van der Waals surface area contributed by atoms with Crippen molar-refractivity contribution in [3.8, 4) is 0 Å². The third kappa shape index (κ3) is 3.53. The van der Waals surface area contributed by atoms with E-state index in [-0.39, 0.29) is 18.3 Å². The van der Waals surface area contributed by atoms with E-state index in [0.717, 1.165) is 10.9 Å². The predicted molar refractivity (Wildman–Crippen MR) is 78.1 cm³/mol. The third-order valence-electron chi connectivity index (χ3n) is 3.02. The molecule has 20 heavy (non-hydrogen) atoms. The summed E-state index contributed by atoms with van der Waals surface area (Å²) in [7, 11) is 1.61. The second-order valence-corrected chi connectivity index (χ2v) is 5.43. The molecule has 1 amide bonds. The second kappa shape index (κ2) is 6.78. The van der Waals surface area contributed by atoms with Gasteiger partial charge in [-0.3, -0.25) is 9.69 Å². The van der Waals surface area contributed by atoms with Gasteiger partial charge in [-0.1, -0.05) is 12.1 Å². The first-order valence-corrected chi connectivity index (χ1v) is 7.14. The van der Waals surface area contributed by atoms with Crippen molar-refractivity contribution < 1.29 is 13.9 Å². The summed E-state index contributed by atoms with van der Waals surface area (Å²) in [6.07, 6.45) is 0. The highest BCUT2D eigenvalue weighted by Crippen LogP contribution is 2.29. The predicted octanol–water partition coefficient (Wildman–Crippen LogP) is 1.97. The molecule has 0 aliphatic carbocycles. The number of primary amides is 1. The zero-order valence-corrected chi connectivity index (χ0v) is 12.1. The van der Waals surface area contributed by atoms with Crippen LogP contribution in [0.25, 0.3) is 10.1 Å². The summed E-state index contributed by atoms with van der Waals surface area (Å²) in [6, 6.07) is 5.04. The van der Waals surface area contributed by atoms with Crippen molar-refractivity contribution in [2.24, 2.45) is 5.73 Å². The number of benzene rings is 1. The van der Waals surface area contributed by atoms with Crippen LogP contribution in [0.5, 0.6) is 0 Å². The zero-order chi connectivity index (χ0) is 14.5. The van der Waals surface area contributed by atoms with Gasteiger partial charge in [0.1, 0.15) is 5.82 Å². The highest BCUT2D eigenvalue weighted by Gasteiger charge is 2.13. The lowest BCUT2D eigenvalue weighted by Gasteiger charge is -2.19. The minimum absolute atomic E-state index is 0.163. The van der Waals surface area contributed by atoms with Crippen LogP contribution < -0.4 is 5.73 Å². The number of nitrogens with two attached hydrogens (primary N) is 1. The van der Waals surface area contributed by atoms with Gasteiger partial charge < -0.3 is 10.5 Å². The molecule has 2 aromatic rings. The molecule has 0 atom stereocenters. The molecule has 0 saturated heterocycles. The van der Waals surface area contributed by atoms with E-state index in [1.54, 1.807) is 13.2 Å². The topological polar surface area (TPSA) is 55.6 Å². The lowest BCUT2D eigenvalue weighted by atomic mass is 10.1. The number of ether oxygens (including phenoxy) is 1. The fourth-order valence-corrected chi connectivity index (χ4v) is 3.06. The van der Waals surface area contributed by atoms with Gasteiger partial charge in [0.25, 0.3) is 0 Å². The highest BCUT2D eigenvalue weighted by molar-refractivity contribution is 7.17. The van der Waals surface area contributed by atoms with Crippen LogP contribution in [-0.4, -0.2) is 37.6 Å². The van der Waals surface area contributed by atoms with E-state index < -0.39 is 0 Å². The summed E-state index contributed by atoms with van der Waals surface area (Å²) in [4.78, 5) is 13.0. The smallest absolute Gasteiger partial charge is 0.231 e. The number of hydrogen-bond donors (Lipinski definition) is 1. The van der Waals surface area contributed by atoms with Gasteiger partial charge in [-0.2, -0.15) is 0 Å². The van der Waals surface area contributed by atoms with Crippen molar-refractivity contribution in [3.63, 3.8) is 0 Å². The maximum absolute atomic E-state index is 13.7. The van der Waals surface area contributed by atoms with E-state index in [1.165, 1.54) is 17.4 Å². The molecule has 0 radical (unpaired) electrons. The molecule has 1 aromatic heterocycles. The van der Waals surface area contributed by atoms with Gasteiger partial charge in [0, 0.05) is 20.2 Å². The number of nitrogens with zero attached hydrogens (tertiary/aromatic N) is 1. The van der Waals surface area contributed by atoms with Crippen LogP contribution in [0.1, 0.15) is 5.56 Å². The van der Waals surface area contributed by atoms with Gasteiger partial charge in [-0.15, -0.1) is 11.3 Å². The number of carbonyl (C=O) groups excluding carboxylic acids is 1. The summed E-state index contributed by atoms with van der Waals surface area (Å²) in [5.74, 6) is -0.594. The largest absolute Gasteiger partial charge is 0.383 e. The quantitative estimate of drug-likeness (QED) is 0.850. The van der Waals surface area contributed by atoms with Gasteiger partial charge in [0.05, 0.1) is 17.9 Å². The van der Waals surface area contributed by atoms with Crippen LogP contribution in [0.3, 0.4) is 0 Å². The van der Waals surface area contributed by atoms with Gasteiger partial charge in [-0.25, -0.2) is 4.39 Å². The summed E-state index contributed by atoms with van der Waals surface area (Å²) in [5, 5.41) is 2.82. The Morgan fingerprint density at radius 3 is 3.00 bits per heavy atom.